The van der Waals surface area contributed by atoms with E-state index in [1.165, 1.54) is 5.56 Å². The molecule has 2 aromatic carbocycles. The third kappa shape index (κ3) is 4.35. The molecule has 2 amide bonds. The maximum atomic E-state index is 12.1. The van der Waals surface area contributed by atoms with Crippen LogP contribution in [-0.2, 0) is 16.1 Å². The molecule has 5 nitrogen and oxygen atoms in total. The van der Waals surface area contributed by atoms with Gasteiger partial charge in [0.05, 0.1) is 5.92 Å². The fourth-order valence-corrected chi connectivity index (χ4v) is 2.39. The predicted octanol–water partition coefficient (Wildman–Crippen LogP) is 3.25. The molecule has 0 aromatic heterocycles. The van der Waals surface area contributed by atoms with Crippen LogP contribution in [0.3, 0.4) is 0 Å². The lowest BCUT2D eigenvalue weighted by molar-refractivity contribution is -0.117. The van der Waals surface area contributed by atoms with Gasteiger partial charge in [-0.05, 0) is 24.6 Å². The summed E-state index contributed by atoms with van der Waals surface area (Å²) < 4.78 is 5.27. The van der Waals surface area contributed by atoms with Gasteiger partial charge >= 0.3 is 6.09 Å². The Morgan fingerprint density at radius 3 is 2.50 bits per heavy atom. The van der Waals surface area contributed by atoms with Crippen LogP contribution in [0.2, 0.25) is 0 Å². The van der Waals surface area contributed by atoms with Crippen molar-refractivity contribution in [3.63, 3.8) is 0 Å². The zero-order valence-corrected chi connectivity index (χ0v) is 13.5. The zero-order chi connectivity index (χ0) is 16.9. The molecular weight excluding hydrogens is 304 g/mol. The fraction of sp³-hybridized carbons (Fsp3) is 0.263. The fourth-order valence-electron chi connectivity index (χ4n) is 2.39. The Hall–Kier alpha value is -2.82. The summed E-state index contributed by atoms with van der Waals surface area (Å²) in [7, 11) is 0. The van der Waals surface area contributed by atoms with E-state index < -0.39 is 6.09 Å². The first kappa shape index (κ1) is 16.1. The molecule has 0 bridgehead atoms. The van der Waals surface area contributed by atoms with E-state index in [-0.39, 0.29) is 17.9 Å². The Kier molecular flexibility index (Phi) is 4.79. The number of rotatable bonds is 5. The molecular formula is C19H20N2O3. The lowest BCUT2D eigenvalue weighted by Crippen LogP contribution is -2.26. The van der Waals surface area contributed by atoms with Crippen molar-refractivity contribution < 1.29 is 14.3 Å². The molecule has 0 spiro atoms. The number of alkyl carbamates (subject to hydrolysis) is 1. The van der Waals surface area contributed by atoms with Gasteiger partial charge in [-0.1, -0.05) is 48.0 Å². The van der Waals surface area contributed by atoms with Gasteiger partial charge in [-0.3, -0.25) is 4.79 Å². The molecule has 0 saturated heterocycles. The predicted molar refractivity (Wildman–Crippen MR) is 91.5 cm³/mol. The summed E-state index contributed by atoms with van der Waals surface area (Å²) >= 11 is 0. The topological polar surface area (TPSA) is 67.4 Å². The minimum atomic E-state index is -0.490. The normalized spacial score (nSPS) is 18.5. The Bertz CT molecular complexity index is 713. The van der Waals surface area contributed by atoms with Crippen LogP contribution in [0.15, 0.2) is 54.6 Å². The summed E-state index contributed by atoms with van der Waals surface area (Å²) in [6.07, 6.45) is -0.265. The number of ether oxygens (including phenoxy) is 1. The number of carbonyl (C=O) groups is 2. The van der Waals surface area contributed by atoms with Gasteiger partial charge in [-0.15, -0.1) is 0 Å². The van der Waals surface area contributed by atoms with E-state index in [1.807, 2.05) is 61.5 Å². The number of amides is 2. The molecule has 3 rings (SSSR count). The first-order valence-electron chi connectivity index (χ1n) is 7.98. The van der Waals surface area contributed by atoms with Crippen LogP contribution >= 0.6 is 0 Å². The minimum Gasteiger partial charge on any atom is -0.445 e. The van der Waals surface area contributed by atoms with Gasteiger partial charge in [0, 0.05) is 18.7 Å². The Morgan fingerprint density at radius 2 is 1.79 bits per heavy atom. The zero-order valence-electron chi connectivity index (χ0n) is 13.5. The van der Waals surface area contributed by atoms with Crippen LogP contribution in [0.5, 0.6) is 0 Å². The summed E-state index contributed by atoms with van der Waals surface area (Å²) in [6.45, 7) is 2.42. The molecule has 2 unspecified atom stereocenters. The highest BCUT2D eigenvalue weighted by molar-refractivity contribution is 5.95. The summed E-state index contributed by atoms with van der Waals surface area (Å²) in [6, 6.07) is 17.2. The molecule has 1 aliphatic carbocycles. The van der Waals surface area contributed by atoms with Crippen molar-refractivity contribution in [1.29, 1.82) is 0 Å². The molecule has 1 saturated carbocycles. The van der Waals surface area contributed by atoms with Crippen LogP contribution in [0.1, 0.15) is 17.5 Å². The van der Waals surface area contributed by atoms with Crippen molar-refractivity contribution >= 4 is 17.7 Å². The second-order valence-electron chi connectivity index (χ2n) is 5.98. The molecule has 0 aliphatic heterocycles. The highest BCUT2D eigenvalue weighted by Gasteiger charge is 2.46. The summed E-state index contributed by atoms with van der Waals surface area (Å²) in [5.74, 6) is -0.382. The summed E-state index contributed by atoms with van der Waals surface area (Å²) in [4.78, 5) is 23.9. The molecule has 1 aliphatic rings. The van der Waals surface area contributed by atoms with Crippen LogP contribution < -0.4 is 10.6 Å². The first-order valence-corrected chi connectivity index (χ1v) is 7.98. The van der Waals surface area contributed by atoms with Gasteiger partial charge < -0.3 is 15.4 Å². The van der Waals surface area contributed by atoms with Crippen molar-refractivity contribution in [1.82, 2.24) is 5.32 Å². The lowest BCUT2D eigenvalue weighted by atomic mass is 10.1. The van der Waals surface area contributed by atoms with Crippen molar-refractivity contribution in [3.05, 3.63) is 65.7 Å². The minimum absolute atomic E-state index is 0.113. The number of hydrogen-bond acceptors (Lipinski definition) is 3. The average Bonchev–Trinajstić information content (AvgIpc) is 3.34. The van der Waals surface area contributed by atoms with Crippen molar-refractivity contribution in [2.24, 2.45) is 5.92 Å². The molecule has 5 heteroatoms. The van der Waals surface area contributed by atoms with Gasteiger partial charge in [0.15, 0.2) is 0 Å². The third-order valence-corrected chi connectivity index (χ3v) is 3.93. The first-order chi connectivity index (χ1) is 11.6. The lowest BCUT2D eigenvalue weighted by Gasteiger charge is -2.08. The van der Waals surface area contributed by atoms with Crippen molar-refractivity contribution in [3.8, 4) is 0 Å². The van der Waals surface area contributed by atoms with Crippen LogP contribution in [0, 0.1) is 12.8 Å². The van der Waals surface area contributed by atoms with Crippen molar-refractivity contribution in [2.45, 2.75) is 26.0 Å². The molecule has 124 valence electrons. The quantitative estimate of drug-likeness (QED) is 0.887. The van der Waals surface area contributed by atoms with Gasteiger partial charge in [-0.2, -0.15) is 0 Å². The number of carbonyl (C=O) groups excluding carboxylic acids is 2. The van der Waals surface area contributed by atoms with Crippen LogP contribution in [0.25, 0.3) is 0 Å². The number of hydrogen-bond donors (Lipinski definition) is 2. The maximum absolute atomic E-state index is 12.1. The highest BCUT2D eigenvalue weighted by atomic mass is 16.6. The van der Waals surface area contributed by atoms with Crippen LogP contribution in [-0.4, -0.2) is 18.1 Å². The number of benzene rings is 2. The van der Waals surface area contributed by atoms with E-state index in [0.29, 0.717) is 13.0 Å². The van der Waals surface area contributed by atoms with Gasteiger partial charge in [0.1, 0.15) is 6.10 Å². The summed E-state index contributed by atoms with van der Waals surface area (Å²) in [5.41, 5.74) is 2.93. The van der Waals surface area contributed by atoms with Gasteiger partial charge in [-0.25, -0.2) is 4.79 Å². The second-order valence-corrected chi connectivity index (χ2v) is 5.98. The maximum Gasteiger partial charge on any atom is 0.407 e. The van der Waals surface area contributed by atoms with Gasteiger partial charge in [0.2, 0.25) is 5.91 Å². The summed E-state index contributed by atoms with van der Waals surface area (Å²) in [5, 5.41) is 5.53. The molecule has 2 aromatic rings. The number of nitrogens with one attached hydrogen (secondary N) is 2. The van der Waals surface area contributed by atoms with Gasteiger partial charge in [0.25, 0.3) is 0 Å². The monoisotopic (exact) mass is 324 g/mol. The van der Waals surface area contributed by atoms with E-state index in [0.717, 1.165) is 11.3 Å². The average molecular weight is 324 g/mol. The standard InChI is InChI=1S/C19H20N2O3/c1-13-7-9-14(10-8-13)12-20-19(23)24-17-11-16(17)18(22)21-15-5-3-2-4-6-15/h2-10,16-17H,11-12H2,1H3,(H,20,23)(H,21,22). The van der Waals surface area contributed by atoms with E-state index in [1.54, 1.807) is 0 Å². The van der Waals surface area contributed by atoms with E-state index in [9.17, 15) is 9.59 Å². The smallest absolute Gasteiger partial charge is 0.407 e. The van der Waals surface area contributed by atoms with Crippen molar-refractivity contribution in [2.75, 3.05) is 5.32 Å². The van der Waals surface area contributed by atoms with Crippen LogP contribution in [0.4, 0.5) is 10.5 Å². The number of aryl methyl sites for hydroxylation is 1. The molecule has 0 radical (unpaired) electrons. The van der Waals surface area contributed by atoms with E-state index in [2.05, 4.69) is 10.6 Å². The molecule has 24 heavy (non-hydrogen) atoms. The highest BCUT2D eigenvalue weighted by Crippen LogP contribution is 2.34. The largest absolute Gasteiger partial charge is 0.445 e. The number of para-hydroxylation sites is 1. The number of anilines is 1. The Morgan fingerprint density at radius 1 is 1.08 bits per heavy atom. The molecule has 2 atom stereocenters. The molecule has 1 fully saturated rings. The van der Waals surface area contributed by atoms with E-state index >= 15 is 0 Å². The second kappa shape index (κ2) is 7.17. The SMILES string of the molecule is Cc1ccc(CNC(=O)OC2CC2C(=O)Nc2ccccc2)cc1. The Balaban J connectivity index is 1.40. The third-order valence-electron chi connectivity index (χ3n) is 3.93. The Labute approximate surface area is 141 Å². The van der Waals surface area contributed by atoms with E-state index in [4.69, 9.17) is 4.74 Å². The molecule has 0 heterocycles. The molecule has 2 N–H and O–H groups in total.